The molecule has 0 aliphatic carbocycles. The lowest BCUT2D eigenvalue weighted by atomic mass is 10.1. The summed E-state index contributed by atoms with van der Waals surface area (Å²) in [5.74, 6) is 0. The number of aliphatic hydroxyl groups excluding tert-OH is 1. The van der Waals surface area contributed by atoms with Gasteiger partial charge in [0.05, 0.1) is 0 Å². The zero-order chi connectivity index (χ0) is 12.5. The van der Waals surface area contributed by atoms with Gasteiger partial charge in [-0.1, -0.05) is 20.3 Å². The van der Waals surface area contributed by atoms with E-state index in [4.69, 9.17) is 5.11 Å². The van der Waals surface area contributed by atoms with Crippen LogP contribution in [-0.2, 0) is 6.54 Å². The summed E-state index contributed by atoms with van der Waals surface area (Å²) in [4.78, 5) is 0. The minimum Gasteiger partial charge on any atom is -0.396 e. The average molecular weight is 238 g/mol. The summed E-state index contributed by atoms with van der Waals surface area (Å²) in [6, 6.07) is 2.70. The van der Waals surface area contributed by atoms with Gasteiger partial charge in [0.15, 0.2) is 0 Å². The van der Waals surface area contributed by atoms with E-state index in [1.165, 1.54) is 18.4 Å². The van der Waals surface area contributed by atoms with Crippen molar-refractivity contribution >= 4 is 0 Å². The molecule has 1 aromatic rings. The van der Waals surface area contributed by atoms with Crippen LogP contribution in [0.15, 0.2) is 18.5 Å². The van der Waals surface area contributed by atoms with Crippen molar-refractivity contribution in [2.45, 2.75) is 52.1 Å². The van der Waals surface area contributed by atoms with Crippen LogP contribution in [0.2, 0.25) is 0 Å². The topological polar surface area (TPSA) is 37.2 Å². The molecule has 0 bridgehead atoms. The molecule has 1 rings (SSSR count). The number of aryl methyl sites for hydroxylation is 1. The van der Waals surface area contributed by atoms with Crippen molar-refractivity contribution in [3.05, 3.63) is 24.0 Å². The Morgan fingerprint density at radius 3 is 2.82 bits per heavy atom. The van der Waals surface area contributed by atoms with Crippen molar-refractivity contribution in [2.75, 3.05) is 13.2 Å². The molecule has 1 aromatic heterocycles. The Morgan fingerprint density at radius 2 is 2.18 bits per heavy atom. The second kappa shape index (κ2) is 8.31. The monoisotopic (exact) mass is 238 g/mol. The summed E-state index contributed by atoms with van der Waals surface area (Å²) in [5, 5.41) is 12.3. The molecule has 3 nitrogen and oxygen atoms in total. The molecule has 0 saturated carbocycles. The normalized spacial score (nSPS) is 12.9. The molecule has 0 aliphatic heterocycles. The van der Waals surface area contributed by atoms with Gasteiger partial charge in [-0.15, -0.1) is 0 Å². The Hall–Kier alpha value is -0.800. The zero-order valence-electron chi connectivity index (χ0n) is 11.2. The molecule has 98 valence electrons. The molecular formula is C14H26N2O. The second-order valence-corrected chi connectivity index (χ2v) is 4.51. The number of rotatable bonds is 9. The first kappa shape index (κ1) is 14.3. The number of hydrogen-bond donors (Lipinski definition) is 2. The molecule has 0 saturated heterocycles. The first-order valence-corrected chi connectivity index (χ1v) is 6.81. The highest BCUT2D eigenvalue weighted by Crippen LogP contribution is 2.18. The molecule has 0 aromatic carbocycles. The van der Waals surface area contributed by atoms with E-state index in [0.717, 1.165) is 25.9 Å². The SMILES string of the molecule is CCCC(NCC)c1ccn(CCCCO)c1. The summed E-state index contributed by atoms with van der Waals surface area (Å²) in [6.07, 6.45) is 8.71. The lowest BCUT2D eigenvalue weighted by molar-refractivity contribution is 0.281. The standard InChI is InChI=1S/C14H26N2O/c1-3-7-14(15-4-2)13-8-10-16(12-13)9-5-6-11-17/h8,10,12,14-15,17H,3-7,9,11H2,1-2H3. The first-order valence-electron chi connectivity index (χ1n) is 6.81. The zero-order valence-corrected chi connectivity index (χ0v) is 11.2. The highest BCUT2D eigenvalue weighted by molar-refractivity contribution is 5.15. The fraction of sp³-hybridized carbons (Fsp3) is 0.714. The van der Waals surface area contributed by atoms with E-state index in [1.807, 2.05) is 0 Å². The minimum absolute atomic E-state index is 0.296. The van der Waals surface area contributed by atoms with Gasteiger partial charge in [0, 0.05) is 31.6 Å². The maximum Gasteiger partial charge on any atom is 0.0431 e. The fourth-order valence-electron chi connectivity index (χ4n) is 2.13. The Kier molecular flexibility index (Phi) is 6.97. The summed E-state index contributed by atoms with van der Waals surface area (Å²) in [5.41, 5.74) is 1.39. The third kappa shape index (κ3) is 4.92. The van der Waals surface area contributed by atoms with E-state index < -0.39 is 0 Å². The number of nitrogens with zero attached hydrogens (tertiary/aromatic N) is 1. The van der Waals surface area contributed by atoms with Crippen LogP contribution < -0.4 is 5.32 Å². The van der Waals surface area contributed by atoms with E-state index >= 15 is 0 Å². The van der Waals surface area contributed by atoms with Crippen molar-refractivity contribution < 1.29 is 5.11 Å². The highest BCUT2D eigenvalue weighted by Gasteiger charge is 2.10. The fourth-order valence-corrected chi connectivity index (χ4v) is 2.13. The molecule has 1 heterocycles. The Labute approximate surface area is 105 Å². The summed E-state index contributed by atoms with van der Waals surface area (Å²) < 4.78 is 2.23. The Bertz CT molecular complexity index is 290. The van der Waals surface area contributed by atoms with E-state index in [0.29, 0.717) is 12.6 Å². The van der Waals surface area contributed by atoms with Gasteiger partial charge in [-0.2, -0.15) is 0 Å². The van der Waals surface area contributed by atoms with Crippen molar-refractivity contribution in [2.24, 2.45) is 0 Å². The second-order valence-electron chi connectivity index (χ2n) is 4.51. The molecule has 1 unspecified atom stereocenters. The lowest BCUT2D eigenvalue weighted by Gasteiger charge is -2.15. The lowest BCUT2D eigenvalue weighted by Crippen LogP contribution is -2.20. The van der Waals surface area contributed by atoms with Crippen LogP contribution >= 0.6 is 0 Å². The molecular weight excluding hydrogens is 212 g/mol. The van der Waals surface area contributed by atoms with Crippen LogP contribution in [0.3, 0.4) is 0 Å². The van der Waals surface area contributed by atoms with E-state index in [9.17, 15) is 0 Å². The quantitative estimate of drug-likeness (QED) is 0.649. The van der Waals surface area contributed by atoms with Gasteiger partial charge in [0.1, 0.15) is 0 Å². The molecule has 0 amide bonds. The Balaban J connectivity index is 2.51. The smallest absolute Gasteiger partial charge is 0.0431 e. The first-order chi connectivity index (χ1) is 8.31. The van der Waals surface area contributed by atoms with Crippen LogP contribution in [0.1, 0.15) is 51.1 Å². The van der Waals surface area contributed by atoms with Crippen LogP contribution in [-0.4, -0.2) is 22.8 Å². The van der Waals surface area contributed by atoms with Gasteiger partial charge >= 0.3 is 0 Å². The third-order valence-corrected chi connectivity index (χ3v) is 3.03. The van der Waals surface area contributed by atoms with Gasteiger partial charge < -0.3 is 15.0 Å². The largest absolute Gasteiger partial charge is 0.396 e. The van der Waals surface area contributed by atoms with Gasteiger partial charge in [-0.3, -0.25) is 0 Å². The molecule has 0 spiro atoms. The molecule has 3 heteroatoms. The van der Waals surface area contributed by atoms with Crippen LogP contribution in [0, 0.1) is 0 Å². The van der Waals surface area contributed by atoms with Crippen molar-refractivity contribution in [1.29, 1.82) is 0 Å². The number of aliphatic hydroxyl groups is 1. The summed E-state index contributed by atoms with van der Waals surface area (Å²) >= 11 is 0. The molecule has 0 fully saturated rings. The van der Waals surface area contributed by atoms with E-state index in [-0.39, 0.29) is 0 Å². The Morgan fingerprint density at radius 1 is 1.35 bits per heavy atom. The van der Waals surface area contributed by atoms with Crippen LogP contribution in [0.4, 0.5) is 0 Å². The van der Waals surface area contributed by atoms with Gasteiger partial charge in [-0.05, 0) is 37.4 Å². The molecule has 0 aliphatic rings. The maximum atomic E-state index is 8.76. The number of aromatic nitrogens is 1. The number of hydrogen-bond acceptors (Lipinski definition) is 2. The molecule has 1 atom stereocenters. The van der Waals surface area contributed by atoms with Crippen molar-refractivity contribution in [3.8, 4) is 0 Å². The molecule has 2 N–H and O–H groups in total. The average Bonchev–Trinajstić information content (AvgIpc) is 2.78. The predicted octanol–water partition coefficient (Wildman–Crippen LogP) is 2.71. The van der Waals surface area contributed by atoms with E-state index in [1.54, 1.807) is 0 Å². The van der Waals surface area contributed by atoms with Crippen molar-refractivity contribution in [1.82, 2.24) is 9.88 Å². The third-order valence-electron chi connectivity index (χ3n) is 3.03. The van der Waals surface area contributed by atoms with Crippen LogP contribution in [0.5, 0.6) is 0 Å². The maximum absolute atomic E-state index is 8.76. The number of nitrogens with one attached hydrogen (secondary N) is 1. The molecule has 0 radical (unpaired) electrons. The van der Waals surface area contributed by atoms with E-state index in [2.05, 4.69) is 42.2 Å². The van der Waals surface area contributed by atoms with Gasteiger partial charge in [0.2, 0.25) is 0 Å². The van der Waals surface area contributed by atoms with Gasteiger partial charge in [0.25, 0.3) is 0 Å². The van der Waals surface area contributed by atoms with Crippen LogP contribution in [0.25, 0.3) is 0 Å². The molecule has 17 heavy (non-hydrogen) atoms. The van der Waals surface area contributed by atoms with Gasteiger partial charge in [-0.25, -0.2) is 0 Å². The van der Waals surface area contributed by atoms with Crippen molar-refractivity contribution in [3.63, 3.8) is 0 Å². The highest BCUT2D eigenvalue weighted by atomic mass is 16.2. The number of unbranched alkanes of at least 4 members (excludes halogenated alkanes) is 1. The minimum atomic E-state index is 0.296. The summed E-state index contributed by atoms with van der Waals surface area (Å²) in [6.45, 7) is 6.69. The predicted molar refractivity (Wildman–Crippen MR) is 72.1 cm³/mol. The summed E-state index contributed by atoms with van der Waals surface area (Å²) in [7, 11) is 0.